The van der Waals surface area contributed by atoms with Crippen molar-refractivity contribution in [1.29, 1.82) is 0 Å². The Morgan fingerprint density at radius 3 is 2.54 bits per heavy atom. The number of hydrogen-bond acceptors (Lipinski definition) is 3. The van der Waals surface area contributed by atoms with Crippen molar-refractivity contribution in [3.63, 3.8) is 0 Å². The number of benzene rings is 2. The molecule has 0 saturated heterocycles. The van der Waals surface area contributed by atoms with E-state index in [0.29, 0.717) is 17.1 Å². The standard InChI is InChI=1S/C22H17F3O3/c1-15-5-7-16(8-6-15)21(26)12-11-18-9-10-20(28-18)14-27-19-4-2-3-17(13-19)22(23,24)25/h2-13H,14H2,1H3/b12-11+. The highest BCUT2D eigenvalue weighted by Gasteiger charge is 2.30. The van der Waals surface area contributed by atoms with E-state index >= 15 is 0 Å². The Morgan fingerprint density at radius 2 is 1.82 bits per heavy atom. The van der Waals surface area contributed by atoms with Crippen molar-refractivity contribution >= 4 is 11.9 Å². The van der Waals surface area contributed by atoms with Gasteiger partial charge in [-0.05, 0) is 49.4 Å². The van der Waals surface area contributed by atoms with Crippen LogP contribution in [0.5, 0.6) is 5.75 Å². The van der Waals surface area contributed by atoms with Crippen LogP contribution < -0.4 is 4.74 Å². The molecule has 2 aromatic carbocycles. The molecule has 0 saturated carbocycles. The van der Waals surface area contributed by atoms with Crippen LogP contribution >= 0.6 is 0 Å². The van der Waals surface area contributed by atoms with E-state index in [1.54, 1.807) is 24.3 Å². The number of hydrogen-bond donors (Lipinski definition) is 0. The first kappa shape index (κ1) is 19.5. The molecule has 3 rings (SSSR count). The Kier molecular flexibility index (Phi) is 5.68. The van der Waals surface area contributed by atoms with Crippen LogP contribution in [0, 0.1) is 6.92 Å². The Labute approximate surface area is 160 Å². The molecule has 0 bridgehead atoms. The predicted molar refractivity (Wildman–Crippen MR) is 99.0 cm³/mol. The smallest absolute Gasteiger partial charge is 0.416 e. The highest BCUT2D eigenvalue weighted by atomic mass is 19.4. The fraction of sp³-hybridized carbons (Fsp3) is 0.136. The maximum atomic E-state index is 12.7. The lowest BCUT2D eigenvalue weighted by atomic mass is 10.1. The summed E-state index contributed by atoms with van der Waals surface area (Å²) in [5.74, 6) is 0.819. The minimum atomic E-state index is -4.42. The number of alkyl halides is 3. The quantitative estimate of drug-likeness (QED) is 0.381. The highest BCUT2D eigenvalue weighted by molar-refractivity contribution is 6.06. The molecule has 0 spiro atoms. The molecule has 144 valence electrons. The minimum Gasteiger partial charge on any atom is -0.486 e. The zero-order chi connectivity index (χ0) is 20.1. The first-order valence-corrected chi connectivity index (χ1v) is 8.49. The third-order valence-electron chi connectivity index (χ3n) is 3.96. The molecule has 0 aliphatic carbocycles. The minimum absolute atomic E-state index is 0.0267. The molecular weight excluding hydrogens is 369 g/mol. The fourth-order valence-electron chi connectivity index (χ4n) is 2.45. The molecule has 0 fully saturated rings. The molecule has 0 unspecified atom stereocenters. The van der Waals surface area contributed by atoms with Crippen molar-refractivity contribution in [2.45, 2.75) is 19.7 Å². The number of allylic oxidation sites excluding steroid dienone is 1. The zero-order valence-electron chi connectivity index (χ0n) is 15.0. The van der Waals surface area contributed by atoms with Gasteiger partial charge in [0.2, 0.25) is 0 Å². The van der Waals surface area contributed by atoms with Crippen LogP contribution in [0.25, 0.3) is 6.08 Å². The highest BCUT2D eigenvalue weighted by Crippen LogP contribution is 2.31. The second-order valence-corrected chi connectivity index (χ2v) is 6.18. The summed E-state index contributed by atoms with van der Waals surface area (Å²) in [5.41, 5.74) is 0.862. The van der Waals surface area contributed by atoms with Crippen molar-refractivity contribution in [2.75, 3.05) is 0 Å². The Bertz CT molecular complexity index is 983. The number of rotatable bonds is 6. The number of carbonyl (C=O) groups is 1. The molecule has 0 radical (unpaired) electrons. The average molecular weight is 386 g/mol. The van der Waals surface area contributed by atoms with Gasteiger partial charge in [0.15, 0.2) is 5.78 Å². The third kappa shape index (κ3) is 5.13. The van der Waals surface area contributed by atoms with Crippen LogP contribution in [0.4, 0.5) is 13.2 Å². The third-order valence-corrected chi connectivity index (χ3v) is 3.96. The Balaban J connectivity index is 1.60. The van der Waals surface area contributed by atoms with Gasteiger partial charge in [-0.15, -0.1) is 0 Å². The van der Waals surface area contributed by atoms with E-state index < -0.39 is 11.7 Å². The van der Waals surface area contributed by atoms with Gasteiger partial charge in [0, 0.05) is 5.56 Å². The Hall–Kier alpha value is -3.28. The van der Waals surface area contributed by atoms with Crippen LogP contribution in [0.15, 0.2) is 71.2 Å². The lowest BCUT2D eigenvalue weighted by molar-refractivity contribution is -0.137. The molecule has 0 amide bonds. The molecule has 0 N–H and O–H groups in total. The molecule has 1 aromatic heterocycles. The summed E-state index contributed by atoms with van der Waals surface area (Å²) in [6.45, 7) is 1.91. The van der Waals surface area contributed by atoms with Crippen LogP contribution in [0.1, 0.15) is 33.0 Å². The van der Waals surface area contributed by atoms with Gasteiger partial charge < -0.3 is 9.15 Å². The van der Waals surface area contributed by atoms with E-state index in [-0.39, 0.29) is 18.1 Å². The molecule has 28 heavy (non-hydrogen) atoms. The van der Waals surface area contributed by atoms with Crippen LogP contribution in [0.2, 0.25) is 0 Å². The summed E-state index contributed by atoms with van der Waals surface area (Å²) >= 11 is 0. The second kappa shape index (κ2) is 8.17. The number of ether oxygens (including phenoxy) is 1. The average Bonchev–Trinajstić information content (AvgIpc) is 3.12. The second-order valence-electron chi connectivity index (χ2n) is 6.18. The van der Waals surface area contributed by atoms with Gasteiger partial charge >= 0.3 is 6.18 Å². The Morgan fingerprint density at radius 1 is 1.07 bits per heavy atom. The zero-order valence-corrected chi connectivity index (χ0v) is 15.0. The van der Waals surface area contributed by atoms with E-state index in [2.05, 4.69) is 0 Å². The summed E-state index contributed by atoms with van der Waals surface area (Å²) in [4.78, 5) is 12.1. The topological polar surface area (TPSA) is 39.4 Å². The summed E-state index contributed by atoms with van der Waals surface area (Å²) in [5, 5.41) is 0. The van der Waals surface area contributed by atoms with E-state index in [1.165, 1.54) is 24.3 Å². The lowest BCUT2D eigenvalue weighted by Crippen LogP contribution is -2.05. The van der Waals surface area contributed by atoms with Crippen molar-refractivity contribution in [3.05, 3.63) is 95.0 Å². The maximum Gasteiger partial charge on any atom is 0.416 e. The summed E-state index contributed by atoms with van der Waals surface area (Å²) in [6.07, 6.45) is -1.48. The van der Waals surface area contributed by atoms with Gasteiger partial charge in [-0.25, -0.2) is 0 Å². The summed E-state index contributed by atoms with van der Waals surface area (Å²) in [6, 6.07) is 15.2. The van der Waals surface area contributed by atoms with Gasteiger partial charge in [-0.3, -0.25) is 4.79 Å². The monoisotopic (exact) mass is 386 g/mol. The van der Waals surface area contributed by atoms with Gasteiger partial charge in [0.05, 0.1) is 5.56 Å². The number of carbonyl (C=O) groups excluding carboxylic acids is 1. The SMILES string of the molecule is Cc1ccc(C(=O)/C=C/c2ccc(COc3cccc(C(F)(F)F)c3)o2)cc1. The maximum absolute atomic E-state index is 12.7. The van der Waals surface area contributed by atoms with Gasteiger partial charge in [0.25, 0.3) is 0 Å². The molecule has 3 aromatic rings. The predicted octanol–water partition coefficient (Wildman–Crippen LogP) is 6.08. The summed E-state index contributed by atoms with van der Waals surface area (Å²) < 4.78 is 49.0. The molecular formula is C22H17F3O3. The summed E-state index contributed by atoms with van der Waals surface area (Å²) in [7, 11) is 0. The lowest BCUT2D eigenvalue weighted by Gasteiger charge is -2.09. The van der Waals surface area contributed by atoms with Crippen LogP contribution in [-0.4, -0.2) is 5.78 Å². The fourth-order valence-corrected chi connectivity index (χ4v) is 2.45. The van der Waals surface area contributed by atoms with Crippen LogP contribution in [0.3, 0.4) is 0 Å². The van der Waals surface area contributed by atoms with E-state index in [1.807, 2.05) is 19.1 Å². The van der Waals surface area contributed by atoms with Gasteiger partial charge in [-0.2, -0.15) is 13.2 Å². The van der Waals surface area contributed by atoms with Crippen molar-refractivity contribution in [3.8, 4) is 5.75 Å². The van der Waals surface area contributed by atoms with Crippen molar-refractivity contribution < 1.29 is 27.1 Å². The molecule has 0 aliphatic rings. The molecule has 6 heteroatoms. The number of ketones is 1. The van der Waals surface area contributed by atoms with Crippen LogP contribution in [-0.2, 0) is 12.8 Å². The normalized spacial score (nSPS) is 11.7. The largest absolute Gasteiger partial charge is 0.486 e. The van der Waals surface area contributed by atoms with Gasteiger partial charge in [-0.1, -0.05) is 35.9 Å². The van der Waals surface area contributed by atoms with Crippen molar-refractivity contribution in [1.82, 2.24) is 0 Å². The number of aryl methyl sites for hydroxylation is 1. The van der Waals surface area contributed by atoms with Gasteiger partial charge in [0.1, 0.15) is 23.9 Å². The first-order valence-electron chi connectivity index (χ1n) is 8.49. The van der Waals surface area contributed by atoms with E-state index in [4.69, 9.17) is 9.15 Å². The molecule has 0 atom stereocenters. The first-order chi connectivity index (χ1) is 13.3. The number of furan rings is 1. The molecule has 1 heterocycles. The van der Waals surface area contributed by atoms with Crippen molar-refractivity contribution in [2.24, 2.45) is 0 Å². The van der Waals surface area contributed by atoms with E-state index in [0.717, 1.165) is 17.7 Å². The molecule has 3 nitrogen and oxygen atoms in total. The molecule has 0 aliphatic heterocycles. The number of halogens is 3. The van der Waals surface area contributed by atoms with E-state index in [9.17, 15) is 18.0 Å².